The zero-order valence-corrected chi connectivity index (χ0v) is 24.5. The zero-order valence-electron chi connectivity index (χ0n) is 23.7. The molecule has 6 rings (SSSR count). The monoisotopic (exact) mass is 595 g/mol. The maximum absolute atomic E-state index is 14.2. The minimum Gasteiger partial charge on any atom is -0.350 e. The molecule has 4 aromatic rings. The second-order valence-electron chi connectivity index (χ2n) is 10.6. The lowest BCUT2D eigenvalue weighted by atomic mass is 9.97. The number of benzene rings is 2. The van der Waals surface area contributed by atoms with Crippen molar-refractivity contribution in [2.45, 2.75) is 25.4 Å². The van der Waals surface area contributed by atoms with E-state index in [1.165, 1.54) is 11.3 Å². The van der Waals surface area contributed by atoms with Crippen LogP contribution in [0.1, 0.15) is 27.2 Å². The highest BCUT2D eigenvalue weighted by Crippen LogP contribution is 2.36. The van der Waals surface area contributed by atoms with E-state index in [2.05, 4.69) is 25.9 Å². The number of fused-ring (bicyclic) bond motifs is 1. The van der Waals surface area contributed by atoms with Crippen molar-refractivity contribution in [1.82, 2.24) is 30.8 Å². The number of aromatic nitrogens is 2. The third-order valence-electron chi connectivity index (χ3n) is 7.83. The second-order valence-corrected chi connectivity index (χ2v) is 11.3. The number of thiazole rings is 1. The summed E-state index contributed by atoms with van der Waals surface area (Å²) < 4.78 is 0. The van der Waals surface area contributed by atoms with E-state index in [4.69, 9.17) is 0 Å². The van der Waals surface area contributed by atoms with E-state index in [1.807, 2.05) is 64.9 Å². The summed E-state index contributed by atoms with van der Waals surface area (Å²) in [6.07, 6.45) is 4.52. The van der Waals surface area contributed by atoms with Crippen LogP contribution < -0.4 is 20.9 Å². The van der Waals surface area contributed by atoms with Gasteiger partial charge in [-0.3, -0.25) is 19.9 Å². The molecule has 2 aromatic heterocycles. The maximum Gasteiger partial charge on any atom is 0.317 e. The highest BCUT2D eigenvalue weighted by molar-refractivity contribution is 7.07. The van der Waals surface area contributed by atoms with E-state index in [-0.39, 0.29) is 17.8 Å². The Labute approximate surface area is 254 Å². The van der Waals surface area contributed by atoms with Crippen molar-refractivity contribution >= 4 is 34.9 Å². The van der Waals surface area contributed by atoms with Gasteiger partial charge in [0.2, 0.25) is 5.91 Å². The molecule has 0 spiro atoms. The summed E-state index contributed by atoms with van der Waals surface area (Å²) in [4.78, 5) is 51.7. The van der Waals surface area contributed by atoms with Crippen molar-refractivity contribution < 1.29 is 14.4 Å². The van der Waals surface area contributed by atoms with Gasteiger partial charge in [0.1, 0.15) is 0 Å². The molecule has 0 radical (unpaired) electrons. The summed E-state index contributed by atoms with van der Waals surface area (Å²) in [7, 11) is 0. The van der Waals surface area contributed by atoms with E-state index >= 15 is 0 Å². The second kappa shape index (κ2) is 13.1. The topological polar surface area (TPSA) is 120 Å². The van der Waals surface area contributed by atoms with Crippen molar-refractivity contribution in [2.24, 2.45) is 0 Å². The Kier molecular flexibility index (Phi) is 8.71. The first-order valence-corrected chi connectivity index (χ1v) is 15.3. The van der Waals surface area contributed by atoms with Crippen molar-refractivity contribution in [3.05, 3.63) is 100 Å². The predicted octanol–water partition coefficient (Wildman–Crippen LogP) is 3.25. The van der Waals surface area contributed by atoms with E-state index in [9.17, 15) is 14.4 Å². The summed E-state index contributed by atoms with van der Waals surface area (Å²) in [6, 6.07) is 17.1. The molecule has 1 fully saturated rings. The lowest BCUT2D eigenvalue weighted by molar-refractivity contribution is -0.120. The molecule has 43 heavy (non-hydrogen) atoms. The number of carbonyl (C=O) groups is 3. The summed E-state index contributed by atoms with van der Waals surface area (Å²) in [5.41, 5.74) is 7.61. The number of urea groups is 1. The molecule has 2 aliphatic heterocycles. The highest BCUT2D eigenvalue weighted by Gasteiger charge is 2.33. The van der Waals surface area contributed by atoms with Crippen LogP contribution >= 0.6 is 11.3 Å². The number of hydrogen-bond donors (Lipinski definition) is 3. The van der Waals surface area contributed by atoms with Crippen LogP contribution in [0.2, 0.25) is 0 Å². The molecule has 4 amide bonds. The number of amides is 4. The molecule has 1 atom stereocenters. The smallest absolute Gasteiger partial charge is 0.317 e. The van der Waals surface area contributed by atoms with E-state index in [0.29, 0.717) is 57.7 Å². The number of nitrogens with one attached hydrogen (secondary N) is 3. The van der Waals surface area contributed by atoms with Crippen LogP contribution in [0.5, 0.6) is 0 Å². The van der Waals surface area contributed by atoms with Gasteiger partial charge < -0.3 is 20.4 Å². The van der Waals surface area contributed by atoms with Gasteiger partial charge in [-0.2, -0.15) is 0 Å². The van der Waals surface area contributed by atoms with Crippen molar-refractivity contribution in [2.75, 3.05) is 37.6 Å². The lowest BCUT2D eigenvalue weighted by Crippen LogP contribution is -2.47. The largest absolute Gasteiger partial charge is 0.350 e. The van der Waals surface area contributed by atoms with Gasteiger partial charge in [-0.05, 0) is 59.4 Å². The Balaban J connectivity index is 1.28. The van der Waals surface area contributed by atoms with Crippen molar-refractivity contribution in [3.8, 4) is 11.1 Å². The van der Waals surface area contributed by atoms with Gasteiger partial charge in [0.15, 0.2) is 0 Å². The third-order valence-corrected chi connectivity index (χ3v) is 8.47. The van der Waals surface area contributed by atoms with Gasteiger partial charge in [-0.25, -0.2) is 9.78 Å². The normalized spacial score (nSPS) is 14.8. The van der Waals surface area contributed by atoms with Gasteiger partial charge in [0.25, 0.3) is 5.91 Å². The molecule has 0 saturated carbocycles. The van der Waals surface area contributed by atoms with E-state index in [1.54, 1.807) is 22.8 Å². The molecule has 220 valence electrons. The predicted molar refractivity (Wildman–Crippen MR) is 166 cm³/mol. The molecule has 0 aliphatic carbocycles. The van der Waals surface area contributed by atoms with Gasteiger partial charge >= 0.3 is 6.03 Å². The average Bonchev–Trinajstić information content (AvgIpc) is 3.81. The Morgan fingerprint density at radius 2 is 1.88 bits per heavy atom. The Morgan fingerprint density at radius 3 is 2.63 bits per heavy atom. The first kappa shape index (κ1) is 28.5. The Bertz CT molecular complexity index is 1580. The molecule has 2 aromatic carbocycles. The van der Waals surface area contributed by atoms with Crippen molar-refractivity contribution in [1.29, 1.82) is 0 Å². The molecule has 0 bridgehead atoms. The van der Waals surface area contributed by atoms with Gasteiger partial charge in [0, 0.05) is 68.3 Å². The number of carbonyl (C=O) groups excluding carboxylic acids is 3. The number of rotatable bonds is 11. The fourth-order valence-corrected chi connectivity index (χ4v) is 6.17. The Hall–Kier alpha value is -4.61. The SMILES string of the molecule is O=C(NCCN1CCNC1=O)c1cc(-c2ccncc2)cc2c1CCN2C(=O)C(Cc1ccccc1)NCc1cscn1. The molecular weight excluding hydrogens is 562 g/mol. The minimum absolute atomic E-state index is 0.0453. The van der Waals surface area contributed by atoms with Crippen LogP contribution in [0.3, 0.4) is 0 Å². The maximum atomic E-state index is 14.2. The Morgan fingerprint density at radius 1 is 1.05 bits per heavy atom. The zero-order chi connectivity index (χ0) is 29.6. The standard InChI is InChI=1S/C32H33N7O3S/c40-30(34-11-14-38-15-12-35-32(38)42)27-17-24(23-6-9-33-10-7-23)18-29-26(27)8-13-39(29)31(41)28(16-22-4-2-1-3-5-22)36-19-25-20-43-21-37-25/h1-7,9-10,17-18,20-21,28,36H,8,11-16,19H2,(H,34,40)(H,35,42). The van der Waals surface area contributed by atoms with Crippen LogP contribution in [0.4, 0.5) is 10.5 Å². The lowest BCUT2D eigenvalue weighted by Gasteiger charge is -2.26. The van der Waals surface area contributed by atoms with E-state index < -0.39 is 6.04 Å². The van der Waals surface area contributed by atoms with Crippen LogP contribution in [0.25, 0.3) is 11.1 Å². The quantitative estimate of drug-likeness (QED) is 0.245. The molecule has 1 unspecified atom stereocenters. The fraction of sp³-hybridized carbons (Fsp3) is 0.281. The van der Waals surface area contributed by atoms with Gasteiger partial charge in [0.05, 0.1) is 17.2 Å². The van der Waals surface area contributed by atoms with Crippen molar-refractivity contribution in [3.63, 3.8) is 0 Å². The molecular formula is C32H33N7O3S. The first-order valence-electron chi connectivity index (χ1n) is 14.4. The van der Waals surface area contributed by atoms with Crippen LogP contribution in [-0.2, 0) is 24.2 Å². The summed E-state index contributed by atoms with van der Waals surface area (Å²) in [5, 5.41) is 11.2. The molecule has 11 heteroatoms. The van der Waals surface area contributed by atoms with Gasteiger partial charge in [-0.1, -0.05) is 30.3 Å². The number of hydrogen-bond acceptors (Lipinski definition) is 7. The fourth-order valence-electron chi connectivity index (χ4n) is 5.61. The van der Waals surface area contributed by atoms with Gasteiger partial charge in [-0.15, -0.1) is 11.3 Å². The first-order chi connectivity index (χ1) is 21.1. The minimum atomic E-state index is -0.483. The van der Waals surface area contributed by atoms with Crippen LogP contribution in [0.15, 0.2) is 77.9 Å². The highest BCUT2D eigenvalue weighted by atomic mass is 32.1. The van der Waals surface area contributed by atoms with Crippen LogP contribution in [-0.4, -0.2) is 71.5 Å². The summed E-state index contributed by atoms with van der Waals surface area (Å²) >= 11 is 1.52. The number of nitrogens with zero attached hydrogens (tertiary/aromatic N) is 4. The number of pyridine rings is 1. The third kappa shape index (κ3) is 6.58. The molecule has 1 saturated heterocycles. The van der Waals surface area contributed by atoms with Crippen LogP contribution in [0, 0.1) is 0 Å². The molecule has 4 heterocycles. The number of anilines is 1. The average molecular weight is 596 g/mol. The summed E-state index contributed by atoms with van der Waals surface area (Å²) in [5.74, 6) is -0.264. The molecule has 3 N–H and O–H groups in total. The molecule has 2 aliphatic rings. The summed E-state index contributed by atoms with van der Waals surface area (Å²) in [6.45, 7) is 2.96. The van der Waals surface area contributed by atoms with E-state index in [0.717, 1.165) is 33.6 Å². The molecule has 10 nitrogen and oxygen atoms in total.